The van der Waals surface area contributed by atoms with Crippen molar-refractivity contribution < 1.29 is 18.7 Å². The van der Waals surface area contributed by atoms with Crippen molar-refractivity contribution in [1.29, 1.82) is 0 Å². The molecule has 25 heavy (non-hydrogen) atoms. The van der Waals surface area contributed by atoms with Crippen LogP contribution in [0.15, 0.2) is 36.4 Å². The minimum Gasteiger partial charge on any atom is -0.494 e. The fourth-order valence-corrected chi connectivity index (χ4v) is 2.78. The first kappa shape index (κ1) is 17.4. The monoisotopic (exact) mass is 343 g/mol. The second-order valence-electron chi connectivity index (χ2n) is 6.41. The number of methoxy groups -OCH3 is 1. The van der Waals surface area contributed by atoms with Crippen molar-refractivity contribution in [3.63, 3.8) is 0 Å². The maximum Gasteiger partial charge on any atom is 0.254 e. The van der Waals surface area contributed by atoms with Crippen molar-refractivity contribution in [2.75, 3.05) is 20.2 Å². The molecule has 1 aliphatic heterocycles. The second kappa shape index (κ2) is 7.23. The van der Waals surface area contributed by atoms with E-state index in [1.165, 1.54) is 18.7 Å². The van der Waals surface area contributed by atoms with Crippen LogP contribution in [0.3, 0.4) is 0 Å². The summed E-state index contributed by atoms with van der Waals surface area (Å²) in [4.78, 5) is 14.2. The van der Waals surface area contributed by atoms with E-state index in [9.17, 15) is 9.18 Å². The highest BCUT2D eigenvalue weighted by Crippen LogP contribution is 2.21. The smallest absolute Gasteiger partial charge is 0.254 e. The molecule has 2 aromatic rings. The Bertz CT molecular complexity index is 785. The number of hydrogen-bond donors (Lipinski definition) is 0. The molecule has 2 aromatic carbocycles. The highest BCUT2D eigenvalue weighted by molar-refractivity contribution is 5.95. The van der Waals surface area contributed by atoms with E-state index in [1.54, 1.807) is 17.0 Å². The number of carbonyl (C=O) groups is 1. The molecule has 0 saturated carbocycles. The minimum atomic E-state index is -0.399. The molecule has 1 fully saturated rings. The molecular weight excluding hydrogens is 321 g/mol. The summed E-state index contributed by atoms with van der Waals surface area (Å²) in [7, 11) is 1.43. The van der Waals surface area contributed by atoms with Crippen molar-refractivity contribution in [1.82, 2.24) is 4.90 Å². The van der Waals surface area contributed by atoms with Crippen LogP contribution < -0.4 is 4.74 Å². The van der Waals surface area contributed by atoms with Gasteiger partial charge in [0.1, 0.15) is 0 Å². The first-order chi connectivity index (χ1) is 12.0. The molecule has 1 heterocycles. The van der Waals surface area contributed by atoms with Gasteiger partial charge in [-0.25, -0.2) is 4.39 Å². The van der Waals surface area contributed by atoms with E-state index in [1.807, 2.05) is 32.0 Å². The molecule has 132 valence electrons. The lowest BCUT2D eigenvalue weighted by atomic mass is 10.0. The van der Waals surface area contributed by atoms with Crippen molar-refractivity contribution in [3.8, 4) is 5.75 Å². The largest absolute Gasteiger partial charge is 0.494 e. The zero-order valence-corrected chi connectivity index (χ0v) is 14.7. The number of amides is 1. The summed E-state index contributed by atoms with van der Waals surface area (Å²) in [5.74, 6) is -0.153. The molecule has 1 aliphatic rings. The van der Waals surface area contributed by atoms with Gasteiger partial charge in [-0.05, 0) is 54.8 Å². The number of halogens is 1. The Morgan fingerprint density at radius 3 is 2.56 bits per heavy atom. The summed E-state index contributed by atoms with van der Waals surface area (Å²) < 4.78 is 24.3. The van der Waals surface area contributed by atoms with Crippen molar-refractivity contribution in [2.24, 2.45) is 0 Å². The molecule has 4 nitrogen and oxygen atoms in total. The predicted molar refractivity (Wildman–Crippen MR) is 93.3 cm³/mol. The van der Waals surface area contributed by atoms with Crippen LogP contribution in [0.2, 0.25) is 0 Å². The molecular formula is C20H22FNO3. The highest BCUT2D eigenvalue weighted by Gasteiger charge is 2.32. The first-order valence-electron chi connectivity index (χ1n) is 8.28. The molecule has 0 atom stereocenters. The quantitative estimate of drug-likeness (QED) is 0.834. The predicted octanol–water partition coefficient (Wildman–Crippen LogP) is 3.49. The van der Waals surface area contributed by atoms with Crippen LogP contribution in [0, 0.1) is 19.7 Å². The van der Waals surface area contributed by atoms with Gasteiger partial charge < -0.3 is 14.4 Å². The lowest BCUT2D eigenvalue weighted by molar-refractivity contribution is -0.0503. The maximum atomic E-state index is 13.7. The fraction of sp³-hybridized carbons (Fsp3) is 0.350. The van der Waals surface area contributed by atoms with E-state index in [-0.39, 0.29) is 17.8 Å². The fourth-order valence-electron chi connectivity index (χ4n) is 2.78. The molecule has 0 bridgehead atoms. The van der Waals surface area contributed by atoms with Gasteiger partial charge >= 0.3 is 0 Å². The minimum absolute atomic E-state index is 0.0133. The molecule has 0 aliphatic carbocycles. The van der Waals surface area contributed by atoms with Crippen molar-refractivity contribution >= 4 is 5.91 Å². The third-order valence-corrected chi connectivity index (χ3v) is 4.59. The normalized spacial score (nSPS) is 14.3. The van der Waals surface area contributed by atoms with Crippen molar-refractivity contribution in [2.45, 2.75) is 26.6 Å². The lowest BCUT2D eigenvalue weighted by Crippen LogP contribution is -2.54. The first-order valence-corrected chi connectivity index (χ1v) is 8.28. The number of carbonyl (C=O) groups excluding carboxylic acids is 1. The summed E-state index contributed by atoms with van der Waals surface area (Å²) >= 11 is 0. The highest BCUT2D eigenvalue weighted by atomic mass is 19.1. The Morgan fingerprint density at radius 1 is 1.16 bits per heavy atom. The van der Waals surface area contributed by atoms with E-state index in [4.69, 9.17) is 9.47 Å². The number of nitrogens with zero attached hydrogens (tertiary/aromatic N) is 1. The molecule has 0 aromatic heterocycles. The van der Waals surface area contributed by atoms with Gasteiger partial charge in [-0.15, -0.1) is 0 Å². The maximum absolute atomic E-state index is 13.7. The zero-order chi connectivity index (χ0) is 18.0. The van der Waals surface area contributed by atoms with E-state index >= 15 is 0 Å². The van der Waals surface area contributed by atoms with E-state index in [0.29, 0.717) is 25.3 Å². The van der Waals surface area contributed by atoms with Crippen LogP contribution >= 0.6 is 0 Å². The van der Waals surface area contributed by atoms with Crippen LogP contribution in [0.1, 0.15) is 27.0 Å². The summed E-state index contributed by atoms with van der Waals surface area (Å²) in [5, 5.41) is 0. The van der Waals surface area contributed by atoms with Gasteiger partial charge in [0.2, 0.25) is 0 Å². The van der Waals surface area contributed by atoms with Crippen LogP contribution in [-0.2, 0) is 11.3 Å². The number of ether oxygens (including phenoxy) is 2. The van der Waals surface area contributed by atoms with Gasteiger partial charge in [0.15, 0.2) is 11.6 Å². The SMILES string of the molecule is COc1ccc(COC2CN(C(=O)c3ccc(C)c(C)c3)C2)cc1F. The summed E-state index contributed by atoms with van der Waals surface area (Å²) in [6.07, 6.45) is -0.0133. The second-order valence-corrected chi connectivity index (χ2v) is 6.41. The van der Waals surface area contributed by atoms with Crippen molar-refractivity contribution in [3.05, 3.63) is 64.5 Å². The van der Waals surface area contributed by atoms with Crippen LogP contribution in [-0.4, -0.2) is 37.1 Å². The Morgan fingerprint density at radius 2 is 1.92 bits per heavy atom. The summed E-state index contributed by atoms with van der Waals surface area (Å²) in [6.45, 7) is 5.47. The average molecular weight is 343 g/mol. The molecule has 3 rings (SSSR count). The van der Waals surface area contributed by atoms with Gasteiger partial charge in [-0.2, -0.15) is 0 Å². The van der Waals surface area contributed by atoms with E-state index < -0.39 is 5.82 Å². The lowest BCUT2D eigenvalue weighted by Gasteiger charge is -2.39. The number of hydrogen-bond acceptors (Lipinski definition) is 3. The number of aryl methyl sites for hydroxylation is 2. The number of benzene rings is 2. The molecule has 0 spiro atoms. The van der Waals surface area contributed by atoms with Gasteiger partial charge in [-0.1, -0.05) is 12.1 Å². The Labute approximate surface area is 147 Å². The van der Waals surface area contributed by atoms with Gasteiger partial charge in [0.25, 0.3) is 5.91 Å². The van der Waals surface area contributed by atoms with Gasteiger partial charge in [0.05, 0.1) is 19.8 Å². The third kappa shape index (κ3) is 3.82. The van der Waals surface area contributed by atoms with Gasteiger partial charge in [-0.3, -0.25) is 4.79 Å². The molecule has 5 heteroatoms. The summed E-state index contributed by atoms with van der Waals surface area (Å²) in [6, 6.07) is 10.5. The molecule has 0 N–H and O–H groups in total. The van der Waals surface area contributed by atoms with E-state index in [2.05, 4.69) is 0 Å². The van der Waals surface area contributed by atoms with Crippen LogP contribution in [0.25, 0.3) is 0 Å². The topological polar surface area (TPSA) is 38.8 Å². The summed E-state index contributed by atoms with van der Waals surface area (Å²) in [5.41, 5.74) is 3.74. The number of rotatable bonds is 5. The Hall–Kier alpha value is -2.40. The Balaban J connectivity index is 1.50. The standard InChI is InChI=1S/C20H22FNO3/c1-13-4-6-16(8-14(13)2)20(23)22-10-17(11-22)25-12-15-5-7-19(24-3)18(21)9-15/h4-9,17H,10-12H2,1-3H3. The average Bonchev–Trinajstić information content (AvgIpc) is 2.56. The van der Waals surface area contributed by atoms with Gasteiger partial charge in [0, 0.05) is 18.7 Å². The zero-order valence-electron chi connectivity index (χ0n) is 14.7. The molecule has 0 radical (unpaired) electrons. The number of likely N-dealkylation sites (tertiary alicyclic amines) is 1. The van der Waals surface area contributed by atoms with Crippen LogP contribution in [0.4, 0.5) is 4.39 Å². The molecule has 1 saturated heterocycles. The molecule has 0 unspecified atom stereocenters. The Kier molecular flexibility index (Phi) is 5.04. The third-order valence-electron chi connectivity index (χ3n) is 4.59. The molecule has 1 amide bonds. The van der Waals surface area contributed by atoms with Crippen LogP contribution in [0.5, 0.6) is 5.75 Å². The van der Waals surface area contributed by atoms with E-state index in [0.717, 1.165) is 11.1 Å².